The molecule has 0 saturated carbocycles. The van der Waals surface area contributed by atoms with Crippen molar-refractivity contribution in [3.63, 3.8) is 0 Å². The Bertz CT molecular complexity index is 1500. The zero-order chi connectivity index (χ0) is 21.1. The highest BCUT2D eigenvalue weighted by Gasteiger charge is 2.43. The Morgan fingerprint density at radius 1 is 0.742 bits per heavy atom. The predicted molar refractivity (Wildman–Crippen MR) is 131 cm³/mol. The van der Waals surface area contributed by atoms with Crippen LogP contribution in [0.15, 0.2) is 72.8 Å². The van der Waals surface area contributed by atoms with E-state index in [4.69, 9.17) is 0 Å². The average molecular weight is 402 g/mol. The molecule has 0 N–H and O–H groups in total. The van der Waals surface area contributed by atoms with Crippen LogP contribution in [0.5, 0.6) is 0 Å². The van der Waals surface area contributed by atoms with Gasteiger partial charge in [-0.25, -0.2) is 0 Å². The van der Waals surface area contributed by atoms with Gasteiger partial charge in [-0.2, -0.15) is 0 Å². The molecule has 1 heteroatoms. The normalized spacial score (nSPS) is 21.4. The van der Waals surface area contributed by atoms with E-state index in [0.29, 0.717) is 5.92 Å². The quantitative estimate of drug-likeness (QED) is 0.308. The van der Waals surface area contributed by atoms with Gasteiger partial charge in [0.2, 0.25) is 0 Å². The maximum Gasteiger partial charge on any atom is 0.0582 e. The summed E-state index contributed by atoms with van der Waals surface area (Å²) < 4.78 is 2.61. The minimum absolute atomic E-state index is 0.0114. The van der Waals surface area contributed by atoms with Crippen molar-refractivity contribution >= 4 is 21.8 Å². The van der Waals surface area contributed by atoms with E-state index in [1.54, 1.807) is 0 Å². The molecular formula is C30H27N. The van der Waals surface area contributed by atoms with Gasteiger partial charge in [-0.1, -0.05) is 94.5 Å². The first-order chi connectivity index (χ1) is 14.9. The van der Waals surface area contributed by atoms with Gasteiger partial charge in [0.25, 0.3) is 0 Å². The first-order valence-corrected chi connectivity index (χ1v) is 11.5. The summed E-state index contributed by atoms with van der Waals surface area (Å²) in [5.74, 6) is 0.456. The molecule has 152 valence electrons. The first kappa shape index (κ1) is 17.6. The van der Waals surface area contributed by atoms with Crippen LogP contribution in [-0.2, 0) is 10.8 Å². The Hall–Kier alpha value is -3.06. The van der Waals surface area contributed by atoms with Crippen molar-refractivity contribution < 1.29 is 0 Å². The highest BCUT2D eigenvalue weighted by atomic mass is 15.0. The fraction of sp³-hybridized carbons (Fsp3) is 0.267. The summed E-state index contributed by atoms with van der Waals surface area (Å²) in [6.07, 6.45) is 10.1. The Kier molecular flexibility index (Phi) is 3.07. The molecule has 7 rings (SSSR count). The highest BCUT2D eigenvalue weighted by molar-refractivity contribution is 6.14. The second-order valence-electron chi connectivity index (χ2n) is 10.6. The zero-order valence-electron chi connectivity index (χ0n) is 18.7. The smallest absolute Gasteiger partial charge is 0.0582 e. The largest absolute Gasteiger partial charge is 0.308 e. The SMILES string of the molecule is CC1(C)c2cccc3c2-n2c4c1cccc4c1cc(C4C=CC=CC4)cc(c12)C3(C)C. The van der Waals surface area contributed by atoms with Crippen LogP contribution in [0.1, 0.15) is 67.9 Å². The van der Waals surface area contributed by atoms with Gasteiger partial charge < -0.3 is 4.57 Å². The molecule has 0 bridgehead atoms. The summed E-state index contributed by atoms with van der Waals surface area (Å²) >= 11 is 0. The van der Waals surface area contributed by atoms with E-state index >= 15 is 0 Å². The Morgan fingerprint density at radius 3 is 2.16 bits per heavy atom. The number of rotatable bonds is 1. The molecule has 1 nitrogen and oxygen atoms in total. The number of nitrogens with zero attached hydrogens (tertiary/aromatic N) is 1. The van der Waals surface area contributed by atoms with Crippen molar-refractivity contribution in [2.45, 2.75) is 50.9 Å². The highest BCUT2D eigenvalue weighted by Crippen LogP contribution is 2.55. The second-order valence-corrected chi connectivity index (χ2v) is 10.6. The molecule has 0 radical (unpaired) electrons. The number of aromatic nitrogens is 1. The van der Waals surface area contributed by atoms with Crippen molar-refractivity contribution in [3.8, 4) is 5.69 Å². The van der Waals surface area contributed by atoms with Crippen LogP contribution in [0, 0.1) is 0 Å². The molecule has 3 aromatic carbocycles. The molecule has 0 saturated heterocycles. The molecule has 0 fully saturated rings. The Balaban J connectivity index is 1.73. The summed E-state index contributed by atoms with van der Waals surface area (Å²) in [7, 11) is 0. The van der Waals surface area contributed by atoms with Gasteiger partial charge in [0.05, 0.1) is 16.7 Å². The number of benzene rings is 3. The van der Waals surface area contributed by atoms with Crippen LogP contribution >= 0.6 is 0 Å². The lowest BCUT2D eigenvalue weighted by Crippen LogP contribution is -2.33. The molecular weight excluding hydrogens is 374 g/mol. The molecule has 1 aliphatic carbocycles. The zero-order valence-corrected chi connectivity index (χ0v) is 18.7. The molecule has 31 heavy (non-hydrogen) atoms. The van der Waals surface area contributed by atoms with Crippen LogP contribution in [-0.4, -0.2) is 4.57 Å². The van der Waals surface area contributed by atoms with Crippen LogP contribution < -0.4 is 0 Å². The Labute approximate surface area is 183 Å². The van der Waals surface area contributed by atoms with Gasteiger partial charge in [-0.15, -0.1) is 0 Å². The monoisotopic (exact) mass is 401 g/mol. The lowest BCUT2D eigenvalue weighted by Gasteiger charge is -2.42. The van der Waals surface area contributed by atoms with E-state index in [1.807, 2.05) is 0 Å². The maximum absolute atomic E-state index is 2.61. The van der Waals surface area contributed by atoms with Crippen molar-refractivity contribution in [3.05, 3.63) is 101 Å². The van der Waals surface area contributed by atoms with E-state index < -0.39 is 0 Å². The van der Waals surface area contributed by atoms with Gasteiger partial charge in [-0.05, 0) is 40.3 Å². The summed E-state index contributed by atoms with van der Waals surface area (Å²) in [6, 6.07) is 18.9. The molecule has 1 unspecified atom stereocenters. The fourth-order valence-corrected chi connectivity index (χ4v) is 6.55. The summed E-state index contributed by atoms with van der Waals surface area (Å²) in [4.78, 5) is 0. The van der Waals surface area contributed by atoms with E-state index in [-0.39, 0.29) is 10.8 Å². The van der Waals surface area contributed by atoms with Crippen LogP contribution in [0.25, 0.3) is 27.5 Å². The van der Waals surface area contributed by atoms with Crippen molar-refractivity contribution in [1.82, 2.24) is 4.57 Å². The standard InChI is InChI=1S/C30H27N/c1-29(2)22-13-8-12-20-21-16-19(18-10-6-5-7-11-18)17-25-27(21)31(26(20)22)28-23(29)14-9-15-24(28)30(25,3)4/h5-10,12-18H,11H2,1-4H3. The number of allylic oxidation sites excluding steroid dienone is 4. The van der Waals surface area contributed by atoms with Gasteiger partial charge in [0.1, 0.15) is 0 Å². The third kappa shape index (κ3) is 1.94. The third-order valence-electron chi connectivity index (χ3n) is 8.27. The molecule has 2 aliphatic heterocycles. The lowest BCUT2D eigenvalue weighted by molar-refractivity contribution is 0.593. The van der Waals surface area contributed by atoms with Crippen molar-refractivity contribution in [2.75, 3.05) is 0 Å². The van der Waals surface area contributed by atoms with E-state index in [0.717, 1.165) is 6.42 Å². The number of para-hydroxylation sites is 2. The minimum Gasteiger partial charge on any atom is -0.308 e. The molecule has 0 spiro atoms. The molecule has 1 atom stereocenters. The molecule has 1 aromatic heterocycles. The summed E-state index contributed by atoms with van der Waals surface area (Å²) in [5.41, 5.74) is 11.5. The summed E-state index contributed by atoms with van der Waals surface area (Å²) in [6.45, 7) is 9.63. The average Bonchev–Trinajstić information content (AvgIpc) is 3.11. The minimum atomic E-state index is -0.0359. The van der Waals surface area contributed by atoms with E-state index in [2.05, 4.69) is 105 Å². The molecule has 0 amide bonds. The van der Waals surface area contributed by atoms with Crippen LogP contribution in [0.3, 0.4) is 0 Å². The third-order valence-corrected chi connectivity index (χ3v) is 8.27. The van der Waals surface area contributed by atoms with Gasteiger partial charge in [-0.3, -0.25) is 0 Å². The number of fused-ring (bicyclic) bond motifs is 1. The number of hydrogen-bond acceptors (Lipinski definition) is 0. The fourth-order valence-electron chi connectivity index (χ4n) is 6.55. The molecule has 3 aliphatic rings. The van der Waals surface area contributed by atoms with Crippen molar-refractivity contribution in [2.24, 2.45) is 0 Å². The van der Waals surface area contributed by atoms with E-state index in [9.17, 15) is 0 Å². The molecule has 3 heterocycles. The lowest BCUT2D eigenvalue weighted by atomic mass is 9.68. The molecule has 4 aromatic rings. The topological polar surface area (TPSA) is 4.93 Å². The van der Waals surface area contributed by atoms with Crippen LogP contribution in [0.2, 0.25) is 0 Å². The summed E-state index contributed by atoms with van der Waals surface area (Å²) in [5, 5.41) is 2.82. The predicted octanol–water partition coefficient (Wildman–Crippen LogP) is 7.66. The van der Waals surface area contributed by atoms with Crippen molar-refractivity contribution in [1.29, 1.82) is 0 Å². The van der Waals surface area contributed by atoms with E-state index in [1.165, 1.54) is 55.3 Å². The second kappa shape index (κ2) is 5.40. The van der Waals surface area contributed by atoms with Gasteiger partial charge >= 0.3 is 0 Å². The van der Waals surface area contributed by atoms with Gasteiger partial charge in [0.15, 0.2) is 0 Å². The maximum atomic E-state index is 2.61. The number of hydrogen-bond donors (Lipinski definition) is 0. The Morgan fingerprint density at radius 2 is 1.42 bits per heavy atom. The van der Waals surface area contributed by atoms with Gasteiger partial charge in [0, 0.05) is 27.5 Å². The first-order valence-electron chi connectivity index (χ1n) is 11.5. The van der Waals surface area contributed by atoms with Crippen LogP contribution in [0.4, 0.5) is 0 Å².